The summed E-state index contributed by atoms with van der Waals surface area (Å²) in [4.78, 5) is 11.2. The fourth-order valence-corrected chi connectivity index (χ4v) is 3.59. The molecule has 0 N–H and O–H groups in total. The van der Waals surface area contributed by atoms with Gasteiger partial charge in [0.1, 0.15) is 12.1 Å². The van der Waals surface area contributed by atoms with Gasteiger partial charge in [-0.1, -0.05) is 17.7 Å². The molecule has 2 aromatic heterocycles. The molecule has 25 heavy (non-hydrogen) atoms. The molecule has 6 nitrogen and oxygen atoms in total. The van der Waals surface area contributed by atoms with E-state index in [1.54, 1.807) is 6.33 Å². The summed E-state index contributed by atoms with van der Waals surface area (Å²) in [6, 6.07) is 5.77. The predicted molar refractivity (Wildman–Crippen MR) is 98.6 cm³/mol. The van der Waals surface area contributed by atoms with Crippen molar-refractivity contribution in [1.29, 1.82) is 0 Å². The molecule has 3 heterocycles. The quantitative estimate of drug-likeness (QED) is 0.703. The zero-order chi connectivity index (χ0) is 17.6. The maximum absolute atomic E-state index is 6.17. The van der Waals surface area contributed by atoms with Crippen molar-refractivity contribution >= 4 is 28.5 Å². The standard InChI is InChI=1S/C18H20ClN5O/c1-11-4-5-14(19)6-16(11)24-18-15(7-22-24)17(20-10-21-18)23-8-12(2)25-13(3)9-23/h4-7,10,12-13H,8-9H2,1-3H3/t12-,13-/m0/s1. The van der Waals surface area contributed by atoms with E-state index < -0.39 is 0 Å². The van der Waals surface area contributed by atoms with Gasteiger partial charge in [0, 0.05) is 18.1 Å². The molecule has 130 valence electrons. The van der Waals surface area contributed by atoms with E-state index in [9.17, 15) is 0 Å². The average molecular weight is 358 g/mol. The smallest absolute Gasteiger partial charge is 0.168 e. The van der Waals surface area contributed by atoms with E-state index in [1.165, 1.54) is 0 Å². The molecule has 0 unspecified atom stereocenters. The van der Waals surface area contributed by atoms with Crippen LogP contribution in [0.1, 0.15) is 19.4 Å². The zero-order valence-electron chi connectivity index (χ0n) is 14.5. The van der Waals surface area contributed by atoms with E-state index in [2.05, 4.69) is 33.8 Å². The zero-order valence-corrected chi connectivity index (χ0v) is 15.2. The number of anilines is 1. The maximum Gasteiger partial charge on any atom is 0.168 e. The van der Waals surface area contributed by atoms with E-state index in [1.807, 2.05) is 36.0 Å². The van der Waals surface area contributed by atoms with Gasteiger partial charge in [-0.25, -0.2) is 14.6 Å². The van der Waals surface area contributed by atoms with Crippen LogP contribution in [-0.4, -0.2) is 45.0 Å². The summed E-state index contributed by atoms with van der Waals surface area (Å²) < 4.78 is 7.66. The van der Waals surface area contributed by atoms with Crippen molar-refractivity contribution in [1.82, 2.24) is 19.7 Å². The lowest BCUT2D eigenvalue weighted by atomic mass is 10.2. The molecule has 0 aliphatic carbocycles. The highest BCUT2D eigenvalue weighted by Gasteiger charge is 2.25. The van der Waals surface area contributed by atoms with Crippen molar-refractivity contribution in [2.75, 3.05) is 18.0 Å². The van der Waals surface area contributed by atoms with Gasteiger partial charge in [0.15, 0.2) is 5.65 Å². The number of hydrogen-bond donors (Lipinski definition) is 0. The highest BCUT2D eigenvalue weighted by atomic mass is 35.5. The average Bonchev–Trinajstić information content (AvgIpc) is 3.00. The first kappa shape index (κ1) is 16.3. The Balaban J connectivity index is 1.82. The molecule has 0 spiro atoms. The highest BCUT2D eigenvalue weighted by molar-refractivity contribution is 6.30. The Morgan fingerprint density at radius 2 is 1.92 bits per heavy atom. The van der Waals surface area contributed by atoms with E-state index in [0.717, 1.165) is 41.2 Å². The molecule has 0 radical (unpaired) electrons. The summed E-state index contributed by atoms with van der Waals surface area (Å²) in [7, 11) is 0. The summed E-state index contributed by atoms with van der Waals surface area (Å²) in [5, 5.41) is 6.17. The molecule has 1 aliphatic rings. The largest absolute Gasteiger partial charge is 0.372 e. The Kier molecular flexibility index (Phi) is 4.09. The second-order valence-corrected chi connectivity index (χ2v) is 7.02. The second-order valence-electron chi connectivity index (χ2n) is 6.58. The van der Waals surface area contributed by atoms with Gasteiger partial charge in [-0.05, 0) is 38.5 Å². The van der Waals surface area contributed by atoms with E-state index in [4.69, 9.17) is 16.3 Å². The Labute approximate surface area is 151 Å². The van der Waals surface area contributed by atoms with Crippen molar-refractivity contribution in [3.05, 3.63) is 41.3 Å². The third-order valence-electron chi connectivity index (χ3n) is 4.46. The summed E-state index contributed by atoms with van der Waals surface area (Å²) in [5.74, 6) is 0.901. The number of fused-ring (bicyclic) bond motifs is 1. The molecule has 2 atom stereocenters. The molecular weight excluding hydrogens is 338 g/mol. The Hall–Kier alpha value is -2.18. The van der Waals surface area contributed by atoms with Crippen LogP contribution in [0, 0.1) is 6.92 Å². The maximum atomic E-state index is 6.17. The van der Waals surface area contributed by atoms with Crippen LogP contribution in [0.15, 0.2) is 30.7 Å². The van der Waals surface area contributed by atoms with Crippen molar-refractivity contribution in [2.45, 2.75) is 33.0 Å². The van der Waals surface area contributed by atoms with Crippen LogP contribution >= 0.6 is 11.6 Å². The molecule has 1 aliphatic heterocycles. The minimum absolute atomic E-state index is 0.166. The fourth-order valence-electron chi connectivity index (χ4n) is 3.42. The molecule has 0 amide bonds. The monoisotopic (exact) mass is 357 g/mol. The lowest BCUT2D eigenvalue weighted by Crippen LogP contribution is -2.45. The molecule has 0 saturated carbocycles. The normalized spacial score (nSPS) is 21.0. The number of rotatable bonds is 2. The van der Waals surface area contributed by atoms with E-state index >= 15 is 0 Å². The van der Waals surface area contributed by atoms with E-state index in [-0.39, 0.29) is 12.2 Å². The summed E-state index contributed by atoms with van der Waals surface area (Å²) >= 11 is 6.17. The number of aromatic nitrogens is 4. The Bertz CT molecular complexity index is 915. The van der Waals surface area contributed by atoms with Gasteiger partial charge < -0.3 is 9.64 Å². The van der Waals surface area contributed by atoms with Crippen molar-refractivity contribution in [3.8, 4) is 5.69 Å². The van der Waals surface area contributed by atoms with Gasteiger partial charge >= 0.3 is 0 Å². The van der Waals surface area contributed by atoms with Crippen LogP contribution in [-0.2, 0) is 4.74 Å². The Morgan fingerprint density at radius 3 is 2.68 bits per heavy atom. The minimum atomic E-state index is 0.166. The summed E-state index contributed by atoms with van der Waals surface area (Å²) in [5.41, 5.74) is 2.79. The van der Waals surface area contributed by atoms with Gasteiger partial charge in [-0.15, -0.1) is 0 Å². The Morgan fingerprint density at radius 1 is 1.16 bits per heavy atom. The first-order valence-electron chi connectivity index (χ1n) is 8.38. The summed E-state index contributed by atoms with van der Waals surface area (Å²) in [6.45, 7) is 7.81. The lowest BCUT2D eigenvalue weighted by molar-refractivity contribution is -0.00537. The van der Waals surface area contributed by atoms with Gasteiger partial charge in [0.25, 0.3) is 0 Å². The van der Waals surface area contributed by atoms with Gasteiger partial charge in [0.2, 0.25) is 0 Å². The molecule has 1 saturated heterocycles. The fraction of sp³-hybridized carbons (Fsp3) is 0.389. The number of halogens is 1. The molecule has 7 heteroatoms. The van der Waals surface area contributed by atoms with Gasteiger partial charge in [-0.3, -0.25) is 0 Å². The van der Waals surface area contributed by atoms with Crippen molar-refractivity contribution < 1.29 is 4.74 Å². The number of aryl methyl sites for hydroxylation is 1. The highest BCUT2D eigenvalue weighted by Crippen LogP contribution is 2.28. The second kappa shape index (κ2) is 6.28. The molecule has 3 aromatic rings. The molecule has 0 bridgehead atoms. The molecule has 4 rings (SSSR count). The number of ether oxygens (including phenoxy) is 1. The van der Waals surface area contributed by atoms with Crippen molar-refractivity contribution in [3.63, 3.8) is 0 Å². The minimum Gasteiger partial charge on any atom is -0.372 e. The summed E-state index contributed by atoms with van der Waals surface area (Å²) in [6.07, 6.45) is 3.76. The van der Waals surface area contributed by atoms with Gasteiger partial charge in [0.05, 0.1) is 29.5 Å². The SMILES string of the molecule is Cc1ccc(Cl)cc1-n1ncc2c(N3C[C@H](C)O[C@@H](C)C3)ncnc21. The molecule has 1 aromatic carbocycles. The van der Waals surface area contributed by atoms with Crippen LogP contribution < -0.4 is 4.90 Å². The first-order valence-corrected chi connectivity index (χ1v) is 8.76. The molecular formula is C18H20ClN5O. The number of nitrogens with zero attached hydrogens (tertiary/aromatic N) is 5. The third kappa shape index (κ3) is 2.96. The van der Waals surface area contributed by atoms with Crippen LogP contribution in [0.5, 0.6) is 0 Å². The topological polar surface area (TPSA) is 56.1 Å². The number of benzene rings is 1. The van der Waals surface area contributed by atoms with Crippen molar-refractivity contribution in [2.24, 2.45) is 0 Å². The van der Waals surface area contributed by atoms with Crippen LogP contribution in [0.2, 0.25) is 5.02 Å². The predicted octanol–water partition coefficient (Wildman–Crippen LogP) is 3.39. The van der Waals surface area contributed by atoms with Crippen LogP contribution in [0.25, 0.3) is 16.7 Å². The van der Waals surface area contributed by atoms with Gasteiger partial charge in [-0.2, -0.15) is 5.10 Å². The number of hydrogen-bond acceptors (Lipinski definition) is 5. The van der Waals surface area contributed by atoms with Crippen LogP contribution in [0.4, 0.5) is 5.82 Å². The van der Waals surface area contributed by atoms with E-state index in [0.29, 0.717) is 5.02 Å². The van der Waals surface area contributed by atoms with Crippen LogP contribution in [0.3, 0.4) is 0 Å². The third-order valence-corrected chi connectivity index (χ3v) is 4.70. The lowest BCUT2D eigenvalue weighted by Gasteiger charge is -2.36. The molecule has 1 fully saturated rings. The first-order chi connectivity index (χ1) is 12.0. The number of morpholine rings is 1.